The van der Waals surface area contributed by atoms with Crippen molar-refractivity contribution in [2.75, 3.05) is 20.6 Å². The number of nitrogens with zero attached hydrogens (tertiary/aromatic N) is 1. The zero-order valence-corrected chi connectivity index (χ0v) is 14.4. The summed E-state index contributed by atoms with van der Waals surface area (Å²) in [7, 11) is 0.344. The van der Waals surface area contributed by atoms with Crippen LogP contribution in [0.1, 0.15) is 24.3 Å². The Labute approximate surface area is 126 Å². The number of hydrogen-bond acceptors (Lipinski definition) is 5. The minimum absolute atomic E-state index is 0.125. The molecule has 0 radical (unpaired) electrons. The monoisotopic (exact) mass is 319 g/mol. The molecule has 1 unspecified atom stereocenters. The molecule has 0 aliphatic heterocycles. The third kappa shape index (κ3) is 4.26. The average Bonchev–Trinajstić information content (AvgIpc) is 2.69. The molecule has 1 atom stereocenters. The topological polar surface area (TPSA) is 75.4 Å². The molecule has 1 aromatic rings. The molecule has 7 heteroatoms. The van der Waals surface area contributed by atoms with Crippen LogP contribution in [0.25, 0.3) is 0 Å². The van der Waals surface area contributed by atoms with Gasteiger partial charge in [0.1, 0.15) is 4.90 Å². The molecule has 0 saturated heterocycles. The van der Waals surface area contributed by atoms with Gasteiger partial charge in [-0.3, -0.25) is 0 Å². The van der Waals surface area contributed by atoms with E-state index in [0.717, 1.165) is 5.56 Å². The van der Waals surface area contributed by atoms with E-state index in [2.05, 4.69) is 4.72 Å². The van der Waals surface area contributed by atoms with Gasteiger partial charge in [0.05, 0.1) is 0 Å². The summed E-state index contributed by atoms with van der Waals surface area (Å²) >= 11 is 1.40. The van der Waals surface area contributed by atoms with Gasteiger partial charge in [-0.2, -0.15) is 0 Å². The van der Waals surface area contributed by atoms with E-state index in [4.69, 9.17) is 5.73 Å². The van der Waals surface area contributed by atoms with Crippen molar-refractivity contribution in [1.82, 2.24) is 9.62 Å². The Hall–Kier alpha value is -0.470. The summed E-state index contributed by atoms with van der Waals surface area (Å²) in [6.07, 6.45) is 0. The van der Waals surface area contributed by atoms with Crippen molar-refractivity contribution in [3.63, 3.8) is 0 Å². The molecule has 20 heavy (non-hydrogen) atoms. The van der Waals surface area contributed by atoms with Gasteiger partial charge in [-0.25, -0.2) is 13.1 Å². The molecule has 5 nitrogen and oxygen atoms in total. The maximum absolute atomic E-state index is 12.6. The summed E-state index contributed by atoms with van der Waals surface area (Å²) in [4.78, 5) is 3.05. The zero-order chi connectivity index (χ0) is 15.5. The minimum Gasteiger partial charge on any atom is -0.326 e. The van der Waals surface area contributed by atoms with Crippen LogP contribution >= 0.6 is 11.3 Å². The zero-order valence-electron chi connectivity index (χ0n) is 12.8. The lowest BCUT2D eigenvalue weighted by molar-refractivity contribution is 0.314. The number of thiophene rings is 1. The fourth-order valence-corrected chi connectivity index (χ4v) is 5.10. The minimum atomic E-state index is -3.53. The summed E-state index contributed by atoms with van der Waals surface area (Å²) in [5.41, 5.74) is 6.40. The molecular weight excluding hydrogens is 294 g/mol. The maximum atomic E-state index is 12.6. The molecule has 0 saturated carbocycles. The Morgan fingerprint density at radius 2 is 2.00 bits per heavy atom. The Morgan fingerprint density at radius 3 is 2.45 bits per heavy atom. The van der Waals surface area contributed by atoms with E-state index >= 15 is 0 Å². The molecule has 0 spiro atoms. The van der Waals surface area contributed by atoms with E-state index < -0.39 is 10.0 Å². The van der Waals surface area contributed by atoms with Crippen LogP contribution in [0, 0.1) is 12.8 Å². The van der Waals surface area contributed by atoms with Gasteiger partial charge in [0.25, 0.3) is 0 Å². The van der Waals surface area contributed by atoms with E-state index in [1.165, 1.54) is 11.3 Å². The molecular formula is C13H25N3O2S2. The van der Waals surface area contributed by atoms with Crippen LogP contribution in [0.3, 0.4) is 0 Å². The molecule has 0 aromatic carbocycles. The summed E-state index contributed by atoms with van der Waals surface area (Å²) in [5, 5.41) is 1.84. The standard InChI is InChI=1S/C13H25N3O2S2/c1-9(2)11(7-16(4)5)15-20(17,18)13-10(3)8-19-12(13)6-14/h8-9,11,15H,6-7,14H2,1-5H3. The van der Waals surface area contributed by atoms with Gasteiger partial charge in [0.15, 0.2) is 0 Å². The molecule has 116 valence electrons. The third-order valence-corrected chi connectivity index (χ3v) is 6.09. The van der Waals surface area contributed by atoms with E-state index in [1.807, 2.05) is 38.2 Å². The first-order valence-electron chi connectivity index (χ1n) is 6.63. The molecule has 0 aliphatic rings. The maximum Gasteiger partial charge on any atom is 0.242 e. The van der Waals surface area contributed by atoms with Crippen LogP contribution in [0.5, 0.6) is 0 Å². The van der Waals surface area contributed by atoms with Crippen LogP contribution in [-0.2, 0) is 16.6 Å². The lowest BCUT2D eigenvalue weighted by Gasteiger charge is -2.25. The second-order valence-corrected chi connectivity index (χ2v) is 8.22. The predicted molar refractivity (Wildman–Crippen MR) is 84.4 cm³/mol. The molecule has 0 fully saturated rings. The quantitative estimate of drug-likeness (QED) is 0.796. The van der Waals surface area contributed by atoms with Crippen molar-refractivity contribution in [3.05, 3.63) is 15.8 Å². The molecule has 1 rings (SSSR count). The number of rotatable bonds is 7. The predicted octanol–water partition coefficient (Wildman–Crippen LogP) is 1.38. The SMILES string of the molecule is Cc1csc(CN)c1S(=O)(=O)NC(CN(C)C)C(C)C. The number of nitrogens with two attached hydrogens (primary N) is 1. The number of likely N-dealkylation sites (N-methyl/N-ethyl adjacent to an activating group) is 1. The van der Waals surface area contributed by atoms with Gasteiger partial charge in [0.2, 0.25) is 10.0 Å². The van der Waals surface area contributed by atoms with Gasteiger partial charge >= 0.3 is 0 Å². The first-order chi connectivity index (χ1) is 9.19. The van der Waals surface area contributed by atoms with Gasteiger partial charge in [-0.15, -0.1) is 11.3 Å². The van der Waals surface area contributed by atoms with Crippen molar-refractivity contribution < 1.29 is 8.42 Å². The highest BCUT2D eigenvalue weighted by Gasteiger charge is 2.27. The first-order valence-corrected chi connectivity index (χ1v) is 8.99. The molecule has 0 bridgehead atoms. The Kier molecular flexibility index (Phi) is 6.15. The van der Waals surface area contributed by atoms with E-state index in [-0.39, 0.29) is 18.5 Å². The van der Waals surface area contributed by atoms with Crippen LogP contribution in [-0.4, -0.2) is 40.0 Å². The van der Waals surface area contributed by atoms with E-state index in [9.17, 15) is 8.42 Å². The third-order valence-electron chi connectivity index (χ3n) is 3.12. The van der Waals surface area contributed by atoms with Crippen molar-refractivity contribution >= 4 is 21.4 Å². The number of sulfonamides is 1. The molecule has 3 N–H and O–H groups in total. The molecule has 0 aliphatic carbocycles. The van der Waals surface area contributed by atoms with Gasteiger partial charge in [-0.05, 0) is 37.9 Å². The van der Waals surface area contributed by atoms with Crippen molar-refractivity contribution in [2.45, 2.75) is 38.3 Å². The number of nitrogens with one attached hydrogen (secondary N) is 1. The lowest BCUT2D eigenvalue weighted by Crippen LogP contribution is -2.45. The summed E-state index contributed by atoms with van der Waals surface area (Å²) in [6, 6.07) is -0.125. The lowest BCUT2D eigenvalue weighted by atomic mass is 10.1. The van der Waals surface area contributed by atoms with Gasteiger partial charge in [-0.1, -0.05) is 13.8 Å². The fraction of sp³-hybridized carbons (Fsp3) is 0.692. The fourth-order valence-electron chi connectivity index (χ4n) is 2.02. The summed E-state index contributed by atoms with van der Waals surface area (Å²) in [6.45, 7) is 6.75. The highest BCUT2D eigenvalue weighted by Crippen LogP contribution is 2.26. The Morgan fingerprint density at radius 1 is 1.40 bits per heavy atom. The second-order valence-electron chi connectivity index (χ2n) is 5.61. The summed E-state index contributed by atoms with van der Waals surface area (Å²) in [5.74, 6) is 0.215. The Bertz CT molecular complexity index is 536. The van der Waals surface area contributed by atoms with Crippen LogP contribution < -0.4 is 10.5 Å². The normalized spacial score (nSPS) is 14.2. The summed E-state index contributed by atoms with van der Waals surface area (Å²) < 4.78 is 28.0. The van der Waals surface area contributed by atoms with Gasteiger partial charge in [0, 0.05) is 24.0 Å². The highest BCUT2D eigenvalue weighted by molar-refractivity contribution is 7.89. The molecule has 0 amide bonds. The Balaban J connectivity index is 3.06. The average molecular weight is 319 g/mol. The number of aryl methyl sites for hydroxylation is 1. The number of hydrogen-bond donors (Lipinski definition) is 2. The first kappa shape index (κ1) is 17.6. The van der Waals surface area contributed by atoms with Crippen LogP contribution in [0.4, 0.5) is 0 Å². The molecule has 1 aromatic heterocycles. The van der Waals surface area contributed by atoms with Crippen molar-refractivity contribution in [2.24, 2.45) is 11.7 Å². The van der Waals surface area contributed by atoms with Crippen LogP contribution in [0.15, 0.2) is 10.3 Å². The smallest absolute Gasteiger partial charge is 0.242 e. The van der Waals surface area contributed by atoms with Crippen molar-refractivity contribution in [1.29, 1.82) is 0 Å². The second kappa shape index (κ2) is 7.00. The van der Waals surface area contributed by atoms with Crippen molar-refractivity contribution in [3.8, 4) is 0 Å². The van der Waals surface area contributed by atoms with Crippen LogP contribution in [0.2, 0.25) is 0 Å². The largest absolute Gasteiger partial charge is 0.326 e. The van der Waals surface area contributed by atoms with E-state index in [0.29, 0.717) is 16.3 Å². The highest BCUT2D eigenvalue weighted by atomic mass is 32.2. The molecule has 1 heterocycles. The van der Waals surface area contributed by atoms with E-state index in [1.54, 1.807) is 6.92 Å². The van der Waals surface area contributed by atoms with Gasteiger partial charge < -0.3 is 10.6 Å².